The van der Waals surface area contributed by atoms with Gasteiger partial charge in [0.25, 0.3) is 0 Å². The Labute approximate surface area is 100 Å². The minimum atomic E-state index is -0.464. The summed E-state index contributed by atoms with van der Waals surface area (Å²) in [6, 6.07) is 7.15. The predicted molar refractivity (Wildman–Crippen MR) is 64.5 cm³/mol. The van der Waals surface area contributed by atoms with Gasteiger partial charge in [0.05, 0.1) is 12.5 Å². The Morgan fingerprint density at radius 3 is 2.62 bits per heavy atom. The van der Waals surface area contributed by atoms with Crippen molar-refractivity contribution in [3.63, 3.8) is 0 Å². The number of carbonyl (C=O) groups is 1. The fourth-order valence-corrected chi connectivity index (χ4v) is 1.35. The van der Waals surface area contributed by atoms with E-state index in [4.69, 9.17) is 11.6 Å². The second kappa shape index (κ2) is 6.51. The molecule has 2 N–H and O–H groups in total. The average Bonchev–Trinajstić information content (AvgIpc) is 2.29. The topological polar surface area (TPSA) is 49.3 Å². The molecule has 1 aromatic carbocycles. The third kappa shape index (κ3) is 4.64. The van der Waals surface area contributed by atoms with Gasteiger partial charge in [-0.3, -0.25) is 4.79 Å². The van der Waals surface area contributed by atoms with Crippen molar-refractivity contribution in [3.05, 3.63) is 34.9 Å². The Balaban J connectivity index is 2.37. The second-order valence-electron chi connectivity index (χ2n) is 3.67. The molecular formula is C12H16ClNO2. The first kappa shape index (κ1) is 13.0. The van der Waals surface area contributed by atoms with E-state index in [1.807, 2.05) is 19.1 Å². The standard InChI is InChI=1S/C12H16ClNO2/c1-2-11(15)8-14-12(16)7-9-3-5-10(13)6-4-9/h3-6,11,15H,2,7-8H2,1H3,(H,14,16). The van der Waals surface area contributed by atoms with Gasteiger partial charge in [0, 0.05) is 11.6 Å². The van der Waals surface area contributed by atoms with Gasteiger partial charge in [0.15, 0.2) is 0 Å². The van der Waals surface area contributed by atoms with E-state index in [0.717, 1.165) is 5.56 Å². The van der Waals surface area contributed by atoms with Gasteiger partial charge in [0.2, 0.25) is 5.91 Å². The summed E-state index contributed by atoms with van der Waals surface area (Å²) in [6.45, 7) is 2.18. The first-order valence-electron chi connectivity index (χ1n) is 5.31. The van der Waals surface area contributed by atoms with Gasteiger partial charge in [-0.1, -0.05) is 30.7 Å². The molecule has 0 fully saturated rings. The fourth-order valence-electron chi connectivity index (χ4n) is 1.23. The summed E-state index contributed by atoms with van der Waals surface area (Å²) in [5.41, 5.74) is 0.910. The number of aliphatic hydroxyl groups is 1. The van der Waals surface area contributed by atoms with Crippen LogP contribution >= 0.6 is 11.6 Å². The summed E-state index contributed by atoms with van der Waals surface area (Å²) in [5.74, 6) is -0.0881. The lowest BCUT2D eigenvalue weighted by Gasteiger charge is -2.09. The zero-order valence-electron chi connectivity index (χ0n) is 9.24. The van der Waals surface area contributed by atoms with E-state index in [-0.39, 0.29) is 5.91 Å². The smallest absolute Gasteiger partial charge is 0.224 e. The van der Waals surface area contributed by atoms with E-state index in [1.54, 1.807) is 12.1 Å². The van der Waals surface area contributed by atoms with Crippen LogP contribution < -0.4 is 5.32 Å². The van der Waals surface area contributed by atoms with Crippen molar-refractivity contribution in [3.8, 4) is 0 Å². The minimum absolute atomic E-state index is 0.0881. The van der Waals surface area contributed by atoms with Crippen molar-refractivity contribution < 1.29 is 9.90 Å². The van der Waals surface area contributed by atoms with Crippen LogP contribution in [0.3, 0.4) is 0 Å². The lowest BCUT2D eigenvalue weighted by Crippen LogP contribution is -2.32. The van der Waals surface area contributed by atoms with Gasteiger partial charge in [-0.2, -0.15) is 0 Å². The van der Waals surface area contributed by atoms with Gasteiger partial charge >= 0.3 is 0 Å². The lowest BCUT2D eigenvalue weighted by atomic mass is 10.1. The maximum Gasteiger partial charge on any atom is 0.224 e. The van der Waals surface area contributed by atoms with Crippen molar-refractivity contribution in [2.75, 3.05) is 6.54 Å². The molecule has 1 unspecified atom stereocenters. The van der Waals surface area contributed by atoms with Crippen molar-refractivity contribution >= 4 is 17.5 Å². The number of carbonyl (C=O) groups excluding carboxylic acids is 1. The molecule has 0 bridgehead atoms. The van der Waals surface area contributed by atoms with Crippen LogP contribution in [0.15, 0.2) is 24.3 Å². The van der Waals surface area contributed by atoms with Gasteiger partial charge in [-0.15, -0.1) is 0 Å². The van der Waals surface area contributed by atoms with Crippen LogP contribution in [0.25, 0.3) is 0 Å². The lowest BCUT2D eigenvalue weighted by molar-refractivity contribution is -0.120. The summed E-state index contributed by atoms with van der Waals surface area (Å²) < 4.78 is 0. The summed E-state index contributed by atoms with van der Waals surface area (Å²) in [7, 11) is 0. The molecule has 1 aromatic rings. The molecule has 0 aliphatic rings. The van der Waals surface area contributed by atoms with Gasteiger partial charge in [-0.25, -0.2) is 0 Å². The molecule has 4 heteroatoms. The quantitative estimate of drug-likeness (QED) is 0.826. The highest BCUT2D eigenvalue weighted by molar-refractivity contribution is 6.30. The molecule has 16 heavy (non-hydrogen) atoms. The molecular weight excluding hydrogens is 226 g/mol. The number of hydrogen-bond acceptors (Lipinski definition) is 2. The molecule has 1 amide bonds. The predicted octanol–water partition coefficient (Wildman–Crippen LogP) is 1.77. The molecule has 3 nitrogen and oxygen atoms in total. The molecule has 1 rings (SSSR count). The number of hydrogen-bond donors (Lipinski definition) is 2. The highest BCUT2D eigenvalue weighted by Gasteiger charge is 2.05. The van der Waals surface area contributed by atoms with E-state index < -0.39 is 6.10 Å². The van der Waals surface area contributed by atoms with Gasteiger partial charge in [0.1, 0.15) is 0 Å². The summed E-state index contributed by atoms with van der Waals surface area (Å²) in [5, 5.41) is 12.6. The number of nitrogens with one attached hydrogen (secondary N) is 1. The van der Waals surface area contributed by atoms with Crippen molar-refractivity contribution in [2.45, 2.75) is 25.9 Å². The monoisotopic (exact) mass is 241 g/mol. The average molecular weight is 242 g/mol. The van der Waals surface area contributed by atoms with E-state index in [1.165, 1.54) is 0 Å². The number of amides is 1. The van der Waals surface area contributed by atoms with Gasteiger partial charge in [-0.05, 0) is 24.1 Å². The Bertz CT molecular complexity index is 337. The van der Waals surface area contributed by atoms with Crippen LogP contribution in [-0.2, 0) is 11.2 Å². The molecule has 88 valence electrons. The van der Waals surface area contributed by atoms with E-state index in [0.29, 0.717) is 24.4 Å². The molecule has 1 atom stereocenters. The number of halogens is 1. The highest BCUT2D eigenvalue weighted by atomic mass is 35.5. The SMILES string of the molecule is CCC(O)CNC(=O)Cc1ccc(Cl)cc1. The van der Waals surface area contributed by atoms with Crippen LogP contribution in [0.5, 0.6) is 0 Å². The van der Waals surface area contributed by atoms with Crippen molar-refractivity contribution in [1.82, 2.24) is 5.32 Å². The van der Waals surface area contributed by atoms with E-state index in [9.17, 15) is 9.90 Å². The zero-order valence-corrected chi connectivity index (χ0v) is 10.00. The van der Waals surface area contributed by atoms with Crippen molar-refractivity contribution in [2.24, 2.45) is 0 Å². The number of rotatable bonds is 5. The maximum atomic E-state index is 11.5. The molecule has 0 heterocycles. The fraction of sp³-hybridized carbons (Fsp3) is 0.417. The second-order valence-corrected chi connectivity index (χ2v) is 4.11. The number of aliphatic hydroxyl groups excluding tert-OH is 1. The Kier molecular flexibility index (Phi) is 5.29. The normalized spacial score (nSPS) is 12.2. The highest BCUT2D eigenvalue weighted by Crippen LogP contribution is 2.09. The van der Waals surface area contributed by atoms with Crippen LogP contribution in [0.1, 0.15) is 18.9 Å². The first-order valence-corrected chi connectivity index (χ1v) is 5.68. The third-order valence-electron chi connectivity index (χ3n) is 2.28. The van der Waals surface area contributed by atoms with Crippen LogP contribution in [0, 0.1) is 0 Å². The minimum Gasteiger partial charge on any atom is -0.391 e. The van der Waals surface area contributed by atoms with E-state index in [2.05, 4.69) is 5.32 Å². The molecule has 0 saturated heterocycles. The largest absolute Gasteiger partial charge is 0.391 e. The Hall–Kier alpha value is -1.06. The Morgan fingerprint density at radius 2 is 2.06 bits per heavy atom. The third-order valence-corrected chi connectivity index (χ3v) is 2.54. The van der Waals surface area contributed by atoms with E-state index >= 15 is 0 Å². The molecule has 0 spiro atoms. The Morgan fingerprint density at radius 1 is 1.44 bits per heavy atom. The molecule has 0 saturated carbocycles. The number of benzene rings is 1. The molecule has 0 aromatic heterocycles. The van der Waals surface area contributed by atoms with Crippen LogP contribution in [-0.4, -0.2) is 23.7 Å². The van der Waals surface area contributed by atoms with Crippen molar-refractivity contribution in [1.29, 1.82) is 0 Å². The summed E-state index contributed by atoms with van der Waals surface area (Å²) >= 11 is 5.74. The maximum absolute atomic E-state index is 11.5. The van der Waals surface area contributed by atoms with Crippen LogP contribution in [0.4, 0.5) is 0 Å². The van der Waals surface area contributed by atoms with Gasteiger partial charge < -0.3 is 10.4 Å². The van der Waals surface area contributed by atoms with Crippen LogP contribution in [0.2, 0.25) is 5.02 Å². The molecule has 0 radical (unpaired) electrons. The summed E-state index contributed by atoms with van der Waals surface area (Å²) in [6.07, 6.45) is 0.489. The summed E-state index contributed by atoms with van der Waals surface area (Å²) in [4.78, 5) is 11.5. The zero-order chi connectivity index (χ0) is 12.0. The first-order chi connectivity index (χ1) is 7.61. The molecule has 0 aliphatic carbocycles. The molecule has 0 aliphatic heterocycles.